The largest absolute Gasteiger partial charge is 0.368 e. The third-order valence-electron chi connectivity index (χ3n) is 2.71. The quantitative estimate of drug-likeness (QED) is 0.814. The lowest BCUT2D eigenvalue weighted by atomic mass is 9.98. The molecule has 0 unspecified atom stereocenters. The minimum atomic E-state index is -0.202. The first-order valence-corrected chi connectivity index (χ1v) is 6.33. The van der Waals surface area contributed by atoms with Crippen molar-refractivity contribution >= 4 is 11.3 Å². The fourth-order valence-corrected chi connectivity index (χ4v) is 2.78. The van der Waals surface area contributed by atoms with E-state index in [0.717, 1.165) is 29.3 Å². The fourth-order valence-electron chi connectivity index (χ4n) is 1.71. The standard InChI is InChI=1S/C11H20N2OS/c1-4-11(5-2,14-6-3)10-13-8-9(7-12)15-10/h8H,4-7,12H2,1-3H3. The third-order valence-corrected chi connectivity index (χ3v) is 3.91. The summed E-state index contributed by atoms with van der Waals surface area (Å²) in [6.07, 6.45) is 3.77. The van der Waals surface area contributed by atoms with Crippen LogP contribution in [0.4, 0.5) is 0 Å². The summed E-state index contributed by atoms with van der Waals surface area (Å²) >= 11 is 1.67. The Hall–Kier alpha value is -0.450. The van der Waals surface area contributed by atoms with Crippen molar-refractivity contribution in [2.24, 2.45) is 5.73 Å². The van der Waals surface area contributed by atoms with Crippen LogP contribution < -0.4 is 5.73 Å². The number of nitrogens with two attached hydrogens (primary N) is 1. The van der Waals surface area contributed by atoms with Crippen LogP contribution in [-0.2, 0) is 16.9 Å². The summed E-state index contributed by atoms with van der Waals surface area (Å²) in [6, 6.07) is 0. The van der Waals surface area contributed by atoms with Gasteiger partial charge in [0.15, 0.2) is 0 Å². The van der Waals surface area contributed by atoms with E-state index in [1.165, 1.54) is 0 Å². The van der Waals surface area contributed by atoms with Gasteiger partial charge in [-0.15, -0.1) is 11.3 Å². The monoisotopic (exact) mass is 228 g/mol. The Morgan fingerprint density at radius 2 is 2.07 bits per heavy atom. The van der Waals surface area contributed by atoms with Gasteiger partial charge >= 0.3 is 0 Å². The van der Waals surface area contributed by atoms with Crippen molar-refractivity contribution in [1.82, 2.24) is 4.98 Å². The summed E-state index contributed by atoms with van der Waals surface area (Å²) in [5.74, 6) is 0. The lowest BCUT2D eigenvalue weighted by molar-refractivity contribution is -0.0506. The number of ether oxygens (including phenoxy) is 1. The average molecular weight is 228 g/mol. The van der Waals surface area contributed by atoms with Gasteiger partial charge in [-0.1, -0.05) is 13.8 Å². The molecule has 2 N–H and O–H groups in total. The van der Waals surface area contributed by atoms with Crippen molar-refractivity contribution in [2.75, 3.05) is 6.61 Å². The Labute approximate surface area is 95.7 Å². The van der Waals surface area contributed by atoms with Crippen LogP contribution in [0.5, 0.6) is 0 Å². The van der Waals surface area contributed by atoms with Crippen molar-refractivity contribution < 1.29 is 4.74 Å². The van der Waals surface area contributed by atoms with Crippen molar-refractivity contribution in [3.63, 3.8) is 0 Å². The first-order chi connectivity index (χ1) is 7.22. The molecule has 0 aliphatic rings. The second-order valence-electron chi connectivity index (χ2n) is 3.47. The maximum Gasteiger partial charge on any atom is 0.125 e. The Morgan fingerprint density at radius 1 is 1.40 bits per heavy atom. The molecule has 1 aromatic rings. The lowest BCUT2D eigenvalue weighted by Gasteiger charge is -2.29. The molecule has 1 heterocycles. The smallest absolute Gasteiger partial charge is 0.125 e. The van der Waals surface area contributed by atoms with E-state index in [0.29, 0.717) is 6.54 Å². The van der Waals surface area contributed by atoms with Gasteiger partial charge in [0, 0.05) is 24.2 Å². The molecule has 0 amide bonds. The van der Waals surface area contributed by atoms with Crippen LogP contribution >= 0.6 is 11.3 Å². The Balaban J connectivity index is 2.96. The van der Waals surface area contributed by atoms with E-state index < -0.39 is 0 Å². The fraction of sp³-hybridized carbons (Fsp3) is 0.727. The second kappa shape index (κ2) is 5.58. The maximum atomic E-state index is 5.88. The highest BCUT2D eigenvalue weighted by Crippen LogP contribution is 2.35. The maximum absolute atomic E-state index is 5.88. The zero-order valence-electron chi connectivity index (χ0n) is 9.75. The summed E-state index contributed by atoms with van der Waals surface area (Å²) in [6.45, 7) is 7.59. The van der Waals surface area contributed by atoms with Gasteiger partial charge in [0.25, 0.3) is 0 Å². The second-order valence-corrected chi connectivity index (χ2v) is 4.59. The van der Waals surface area contributed by atoms with Gasteiger partial charge in [-0.05, 0) is 19.8 Å². The molecule has 1 rings (SSSR count). The van der Waals surface area contributed by atoms with Crippen LogP contribution in [0.1, 0.15) is 43.5 Å². The van der Waals surface area contributed by atoms with Crippen LogP contribution in [0.25, 0.3) is 0 Å². The van der Waals surface area contributed by atoms with Gasteiger partial charge < -0.3 is 10.5 Å². The molecule has 0 fully saturated rings. The third kappa shape index (κ3) is 2.56. The molecule has 0 saturated carbocycles. The summed E-state index contributed by atoms with van der Waals surface area (Å²) < 4.78 is 5.88. The molecular weight excluding hydrogens is 208 g/mol. The van der Waals surface area contributed by atoms with E-state index in [1.54, 1.807) is 11.3 Å². The van der Waals surface area contributed by atoms with Crippen molar-refractivity contribution in [2.45, 2.75) is 45.8 Å². The Morgan fingerprint density at radius 3 is 2.47 bits per heavy atom. The zero-order chi connectivity index (χ0) is 11.3. The molecule has 15 heavy (non-hydrogen) atoms. The Bertz CT molecular complexity index is 295. The number of nitrogens with zero attached hydrogens (tertiary/aromatic N) is 1. The van der Waals surface area contributed by atoms with Crippen LogP contribution in [0, 0.1) is 0 Å². The molecule has 1 aromatic heterocycles. The van der Waals surface area contributed by atoms with Crippen molar-refractivity contribution in [1.29, 1.82) is 0 Å². The van der Waals surface area contributed by atoms with Crippen LogP contribution in [0.3, 0.4) is 0 Å². The highest BCUT2D eigenvalue weighted by atomic mass is 32.1. The molecule has 4 heteroatoms. The SMILES string of the molecule is CCOC(CC)(CC)c1ncc(CN)s1. The minimum Gasteiger partial charge on any atom is -0.368 e. The van der Waals surface area contributed by atoms with E-state index in [2.05, 4.69) is 18.8 Å². The zero-order valence-corrected chi connectivity index (χ0v) is 10.6. The molecule has 0 radical (unpaired) electrons. The summed E-state index contributed by atoms with van der Waals surface area (Å²) in [5.41, 5.74) is 5.39. The summed E-state index contributed by atoms with van der Waals surface area (Å²) in [5, 5.41) is 1.06. The summed E-state index contributed by atoms with van der Waals surface area (Å²) in [7, 11) is 0. The van der Waals surface area contributed by atoms with Crippen LogP contribution in [0.15, 0.2) is 6.20 Å². The minimum absolute atomic E-state index is 0.202. The summed E-state index contributed by atoms with van der Waals surface area (Å²) in [4.78, 5) is 5.55. The number of hydrogen-bond donors (Lipinski definition) is 1. The van der Waals surface area contributed by atoms with E-state index in [-0.39, 0.29) is 5.60 Å². The van der Waals surface area contributed by atoms with E-state index in [1.807, 2.05) is 13.1 Å². The van der Waals surface area contributed by atoms with E-state index in [9.17, 15) is 0 Å². The van der Waals surface area contributed by atoms with Crippen molar-refractivity contribution in [3.05, 3.63) is 16.1 Å². The molecule has 86 valence electrons. The predicted molar refractivity (Wildman–Crippen MR) is 63.9 cm³/mol. The lowest BCUT2D eigenvalue weighted by Crippen LogP contribution is -2.28. The number of hydrogen-bond acceptors (Lipinski definition) is 4. The number of rotatable bonds is 6. The topological polar surface area (TPSA) is 48.1 Å². The molecule has 0 spiro atoms. The molecule has 0 atom stereocenters. The first kappa shape index (κ1) is 12.6. The average Bonchev–Trinajstić information content (AvgIpc) is 2.75. The molecule has 0 bridgehead atoms. The molecule has 0 aliphatic carbocycles. The highest BCUT2D eigenvalue weighted by molar-refractivity contribution is 7.11. The van der Waals surface area contributed by atoms with E-state index >= 15 is 0 Å². The van der Waals surface area contributed by atoms with Gasteiger partial charge in [0.05, 0.1) is 0 Å². The molecule has 3 nitrogen and oxygen atoms in total. The first-order valence-electron chi connectivity index (χ1n) is 5.51. The number of thiazole rings is 1. The van der Waals surface area contributed by atoms with Crippen LogP contribution in [-0.4, -0.2) is 11.6 Å². The molecule has 0 aliphatic heterocycles. The number of aromatic nitrogens is 1. The van der Waals surface area contributed by atoms with Crippen LogP contribution in [0.2, 0.25) is 0 Å². The van der Waals surface area contributed by atoms with Gasteiger partial charge in [-0.3, -0.25) is 0 Å². The van der Waals surface area contributed by atoms with E-state index in [4.69, 9.17) is 10.5 Å². The van der Waals surface area contributed by atoms with Gasteiger partial charge in [-0.2, -0.15) is 0 Å². The highest BCUT2D eigenvalue weighted by Gasteiger charge is 2.32. The van der Waals surface area contributed by atoms with Gasteiger partial charge in [0.1, 0.15) is 10.6 Å². The van der Waals surface area contributed by atoms with Gasteiger partial charge in [-0.25, -0.2) is 4.98 Å². The molecular formula is C11H20N2OS. The predicted octanol–water partition coefficient (Wildman–Crippen LogP) is 2.65. The molecule has 0 saturated heterocycles. The normalized spacial score (nSPS) is 12.0. The van der Waals surface area contributed by atoms with Crippen molar-refractivity contribution in [3.8, 4) is 0 Å². The van der Waals surface area contributed by atoms with Gasteiger partial charge in [0.2, 0.25) is 0 Å². The molecule has 0 aromatic carbocycles. The Kier molecular flexibility index (Phi) is 4.70.